The van der Waals surface area contributed by atoms with E-state index in [2.05, 4.69) is 25.1 Å². The molecule has 0 atom stereocenters. The molecule has 8 nitrogen and oxygen atoms in total. The molecule has 11 heteroatoms. The van der Waals surface area contributed by atoms with Crippen LogP contribution in [0.25, 0.3) is 16.7 Å². The summed E-state index contributed by atoms with van der Waals surface area (Å²) in [5, 5.41) is 8.22. The summed E-state index contributed by atoms with van der Waals surface area (Å²) in [4.78, 5) is 9.37. The number of rotatable bonds is 6. The van der Waals surface area contributed by atoms with Gasteiger partial charge in [-0.05, 0) is 43.4 Å². The van der Waals surface area contributed by atoms with Crippen LogP contribution in [-0.2, 0) is 16.6 Å². The zero-order chi connectivity index (χ0) is 19.7. The van der Waals surface area contributed by atoms with Gasteiger partial charge in [0.05, 0.1) is 23.8 Å². The minimum Gasteiger partial charge on any atom is -0.364 e. The van der Waals surface area contributed by atoms with E-state index in [1.54, 1.807) is 35.1 Å². The molecule has 0 bridgehead atoms. The van der Waals surface area contributed by atoms with Crippen molar-refractivity contribution in [3.8, 4) is 5.69 Å². The van der Waals surface area contributed by atoms with E-state index in [1.165, 1.54) is 36.8 Å². The summed E-state index contributed by atoms with van der Waals surface area (Å²) in [7, 11) is -2.07. The number of aromatic nitrogens is 4. The number of nitrogens with one attached hydrogen (secondary N) is 2. The Balaban J connectivity index is 1.59. The molecule has 3 aromatic heterocycles. The molecule has 0 saturated heterocycles. The van der Waals surface area contributed by atoms with Gasteiger partial charge in [0.2, 0.25) is 10.0 Å². The molecule has 4 rings (SSSR count). The maximum absolute atomic E-state index is 13.2. The van der Waals surface area contributed by atoms with Crippen LogP contribution in [0.5, 0.6) is 0 Å². The molecule has 2 N–H and O–H groups in total. The number of thiophene rings is 1. The van der Waals surface area contributed by atoms with E-state index < -0.39 is 10.0 Å². The number of sulfonamides is 1. The molecule has 0 fully saturated rings. The maximum Gasteiger partial charge on any atom is 0.249 e. The van der Waals surface area contributed by atoms with Crippen molar-refractivity contribution in [2.24, 2.45) is 0 Å². The molecule has 4 aromatic rings. The second-order valence-electron chi connectivity index (χ2n) is 5.77. The molecule has 0 aliphatic heterocycles. The molecular weight excluding hydrogens is 403 g/mol. The Kier molecular flexibility index (Phi) is 4.79. The summed E-state index contributed by atoms with van der Waals surface area (Å²) in [6.45, 7) is 0.401. The van der Waals surface area contributed by atoms with Crippen LogP contribution in [0.2, 0.25) is 0 Å². The summed E-state index contributed by atoms with van der Waals surface area (Å²) >= 11 is 1.18. The number of anilines is 1. The molecular formula is C17H15FN6O2S2. The van der Waals surface area contributed by atoms with Crippen LogP contribution in [0.15, 0.2) is 53.1 Å². The van der Waals surface area contributed by atoms with E-state index in [0.29, 0.717) is 29.1 Å². The van der Waals surface area contributed by atoms with Crippen molar-refractivity contribution in [1.29, 1.82) is 0 Å². The van der Waals surface area contributed by atoms with Crippen molar-refractivity contribution in [1.82, 2.24) is 24.5 Å². The highest BCUT2D eigenvalue weighted by Crippen LogP contribution is 2.25. The Hall–Kier alpha value is -2.89. The van der Waals surface area contributed by atoms with E-state index in [4.69, 9.17) is 0 Å². The van der Waals surface area contributed by atoms with E-state index in [0.717, 1.165) is 4.88 Å². The topological polar surface area (TPSA) is 102 Å². The predicted octanol–water partition coefficient (Wildman–Crippen LogP) is 2.54. The average molecular weight is 418 g/mol. The van der Waals surface area contributed by atoms with Gasteiger partial charge in [0.15, 0.2) is 5.65 Å². The minimum absolute atomic E-state index is 0.253. The van der Waals surface area contributed by atoms with Crippen LogP contribution in [0.3, 0.4) is 0 Å². The lowest BCUT2D eigenvalue weighted by molar-refractivity contribution is 0.590. The smallest absolute Gasteiger partial charge is 0.249 e. The van der Waals surface area contributed by atoms with E-state index in [-0.39, 0.29) is 10.0 Å². The van der Waals surface area contributed by atoms with Gasteiger partial charge in [-0.3, -0.25) is 0 Å². The molecule has 28 heavy (non-hydrogen) atoms. The zero-order valence-electron chi connectivity index (χ0n) is 14.6. The molecule has 3 heterocycles. The number of benzene rings is 1. The van der Waals surface area contributed by atoms with Crippen LogP contribution >= 0.6 is 11.3 Å². The molecule has 1 aromatic carbocycles. The van der Waals surface area contributed by atoms with Gasteiger partial charge in [0, 0.05) is 4.88 Å². The number of nitrogens with zero attached hydrogens (tertiary/aromatic N) is 4. The first-order valence-electron chi connectivity index (χ1n) is 8.19. The Morgan fingerprint density at radius 1 is 1.14 bits per heavy atom. The van der Waals surface area contributed by atoms with Gasteiger partial charge < -0.3 is 5.32 Å². The fourth-order valence-electron chi connectivity index (χ4n) is 2.63. The van der Waals surface area contributed by atoms with Crippen molar-refractivity contribution < 1.29 is 12.8 Å². The summed E-state index contributed by atoms with van der Waals surface area (Å²) in [5.74, 6) is 0.248. The summed E-state index contributed by atoms with van der Waals surface area (Å²) in [6.07, 6.45) is 3.05. The van der Waals surface area contributed by atoms with Crippen LogP contribution in [-0.4, -0.2) is 35.2 Å². The second-order valence-corrected chi connectivity index (χ2v) is 9.06. The van der Waals surface area contributed by atoms with Crippen LogP contribution in [0, 0.1) is 5.82 Å². The van der Waals surface area contributed by atoms with Crippen molar-refractivity contribution in [3.05, 3.63) is 59.6 Å². The van der Waals surface area contributed by atoms with Gasteiger partial charge >= 0.3 is 0 Å². The third kappa shape index (κ3) is 3.46. The quantitative estimate of drug-likeness (QED) is 0.499. The maximum atomic E-state index is 13.2. The molecule has 0 aliphatic rings. The third-order valence-electron chi connectivity index (χ3n) is 4.04. The second kappa shape index (κ2) is 7.26. The SMILES string of the molecule is CNS(=O)(=O)c1ccc(CNc2ncnc3c2cnn3-c2ccc(F)cc2)s1. The van der Waals surface area contributed by atoms with E-state index >= 15 is 0 Å². The van der Waals surface area contributed by atoms with Crippen molar-refractivity contribution >= 4 is 38.2 Å². The van der Waals surface area contributed by atoms with Crippen LogP contribution < -0.4 is 10.0 Å². The predicted molar refractivity (Wildman–Crippen MR) is 105 cm³/mol. The molecule has 0 amide bonds. The van der Waals surface area contributed by atoms with Gasteiger partial charge in [0.25, 0.3) is 0 Å². The van der Waals surface area contributed by atoms with Crippen LogP contribution in [0.4, 0.5) is 10.2 Å². The summed E-state index contributed by atoms with van der Waals surface area (Å²) in [5.41, 5.74) is 1.26. The van der Waals surface area contributed by atoms with Crippen molar-refractivity contribution in [2.75, 3.05) is 12.4 Å². The Morgan fingerprint density at radius 3 is 2.68 bits per heavy atom. The van der Waals surface area contributed by atoms with Crippen molar-refractivity contribution in [3.63, 3.8) is 0 Å². The van der Waals surface area contributed by atoms with Gasteiger partial charge in [-0.15, -0.1) is 11.3 Å². The highest BCUT2D eigenvalue weighted by Gasteiger charge is 2.15. The average Bonchev–Trinajstić information content (AvgIpc) is 3.35. The normalized spacial score (nSPS) is 11.8. The molecule has 0 spiro atoms. The Morgan fingerprint density at radius 2 is 1.93 bits per heavy atom. The fourth-order valence-corrected chi connectivity index (χ4v) is 4.76. The summed E-state index contributed by atoms with van der Waals surface area (Å²) in [6, 6.07) is 9.27. The molecule has 0 unspecified atom stereocenters. The number of hydrogen-bond donors (Lipinski definition) is 2. The van der Waals surface area contributed by atoms with E-state index in [1.807, 2.05) is 0 Å². The highest BCUT2D eigenvalue weighted by atomic mass is 32.2. The lowest BCUT2D eigenvalue weighted by Crippen LogP contribution is -2.17. The van der Waals surface area contributed by atoms with Gasteiger partial charge in [-0.25, -0.2) is 32.2 Å². The van der Waals surface area contributed by atoms with Gasteiger partial charge in [-0.1, -0.05) is 0 Å². The zero-order valence-corrected chi connectivity index (χ0v) is 16.3. The summed E-state index contributed by atoms with van der Waals surface area (Å²) < 4.78 is 41.0. The standard InChI is InChI=1S/C17H15FN6O2S2/c1-19-28(25,26)15-7-6-13(27-15)8-20-16-14-9-23-24(17(14)22-10-21-16)12-4-2-11(18)3-5-12/h2-7,9-10,19H,8H2,1H3,(H,20,21,22). The largest absolute Gasteiger partial charge is 0.364 e. The number of halogens is 1. The first kappa shape index (κ1) is 18.5. The lowest BCUT2D eigenvalue weighted by Gasteiger charge is -2.06. The van der Waals surface area contributed by atoms with Gasteiger partial charge in [-0.2, -0.15) is 5.10 Å². The monoisotopic (exact) mass is 418 g/mol. The third-order valence-corrected chi connectivity index (χ3v) is 7.03. The molecule has 0 saturated carbocycles. The Bertz CT molecular complexity index is 1230. The Labute approximate surface area is 164 Å². The molecule has 144 valence electrons. The molecule has 0 aliphatic carbocycles. The highest BCUT2D eigenvalue weighted by molar-refractivity contribution is 7.91. The fraction of sp³-hybridized carbons (Fsp3) is 0.118. The van der Waals surface area contributed by atoms with Gasteiger partial charge in [0.1, 0.15) is 22.2 Å². The first-order valence-corrected chi connectivity index (χ1v) is 10.5. The minimum atomic E-state index is -3.45. The number of hydrogen-bond acceptors (Lipinski definition) is 7. The van der Waals surface area contributed by atoms with Crippen molar-refractivity contribution in [2.45, 2.75) is 10.8 Å². The van der Waals surface area contributed by atoms with E-state index in [9.17, 15) is 12.8 Å². The van der Waals surface area contributed by atoms with Crippen LogP contribution in [0.1, 0.15) is 4.88 Å². The lowest BCUT2D eigenvalue weighted by atomic mass is 10.3. The molecule has 0 radical (unpaired) electrons. The number of fused-ring (bicyclic) bond motifs is 1. The first-order chi connectivity index (χ1) is 13.5.